The van der Waals surface area contributed by atoms with Crippen LogP contribution in [0.25, 0.3) is 0 Å². The first-order valence-corrected chi connectivity index (χ1v) is 4.47. The Morgan fingerprint density at radius 1 is 1.54 bits per heavy atom. The van der Waals surface area contributed by atoms with Crippen molar-refractivity contribution in [2.45, 2.75) is 13.8 Å². The Labute approximate surface area is 80.8 Å². The lowest BCUT2D eigenvalue weighted by Gasteiger charge is -2.08. The van der Waals surface area contributed by atoms with Crippen LogP contribution < -0.4 is 5.73 Å². The topological polar surface area (TPSA) is 35.2 Å². The molecule has 2 heteroatoms. The van der Waals surface area contributed by atoms with E-state index >= 15 is 0 Å². The first kappa shape index (κ1) is 12.0. The van der Waals surface area contributed by atoms with E-state index in [1.807, 2.05) is 6.08 Å². The molecule has 0 unspecified atom stereocenters. The SMILES string of the molecule is C=C/C(=C\C(=C)C(C)C)OCCN. The summed E-state index contributed by atoms with van der Waals surface area (Å²) in [4.78, 5) is 0. The summed E-state index contributed by atoms with van der Waals surface area (Å²) >= 11 is 0. The van der Waals surface area contributed by atoms with Crippen molar-refractivity contribution in [3.8, 4) is 0 Å². The molecule has 0 aliphatic heterocycles. The molecule has 0 aliphatic carbocycles. The molecular formula is C11H19NO. The minimum absolute atomic E-state index is 0.427. The van der Waals surface area contributed by atoms with Gasteiger partial charge < -0.3 is 10.5 Å². The molecule has 0 aliphatic rings. The molecule has 0 atom stereocenters. The van der Waals surface area contributed by atoms with Gasteiger partial charge in [0.2, 0.25) is 0 Å². The minimum atomic E-state index is 0.427. The molecule has 2 nitrogen and oxygen atoms in total. The van der Waals surface area contributed by atoms with E-state index in [4.69, 9.17) is 10.5 Å². The molecule has 2 N–H and O–H groups in total. The third kappa shape index (κ3) is 5.26. The molecule has 0 amide bonds. The Kier molecular flexibility index (Phi) is 5.98. The molecule has 74 valence electrons. The Morgan fingerprint density at radius 3 is 2.54 bits per heavy atom. The summed E-state index contributed by atoms with van der Waals surface area (Å²) in [7, 11) is 0. The first-order valence-electron chi connectivity index (χ1n) is 4.47. The number of nitrogens with two attached hydrogens (primary N) is 1. The van der Waals surface area contributed by atoms with Crippen molar-refractivity contribution in [1.82, 2.24) is 0 Å². The molecule has 0 spiro atoms. The van der Waals surface area contributed by atoms with Gasteiger partial charge >= 0.3 is 0 Å². The number of hydrogen-bond donors (Lipinski definition) is 1. The number of allylic oxidation sites excluding steroid dienone is 3. The van der Waals surface area contributed by atoms with Gasteiger partial charge in [0.05, 0.1) is 0 Å². The summed E-state index contributed by atoms with van der Waals surface area (Å²) in [6.07, 6.45) is 3.57. The van der Waals surface area contributed by atoms with Crippen LogP contribution in [-0.4, -0.2) is 13.2 Å². The van der Waals surface area contributed by atoms with Crippen molar-refractivity contribution in [2.75, 3.05) is 13.2 Å². The number of rotatable bonds is 6. The fraction of sp³-hybridized carbons (Fsp3) is 0.455. The lowest BCUT2D eigenvalue weighted by atomic mass is 10.0. The highest BCUT2D eigenvalue weighted by molar-refractivity contribution is 5.24. The van der Waals surface area contributed by atoms with Crippen molar-refractivity contribution >= 4 is 0 Å². The van der Waals surface area contributed by atoms with Crippen molar-refractivity contribution in [3.05, 3.63) is 36.6 Å². The molecule has 0 bridgehead atoms. The highest BCUT2D eigenvalue weighted by atomic mass is 16.5. The summed E-state index contributed by atoms with van der Waals surface area (Å²) in [5.74, 6) is 1.17. The van der Waals surface area contributed by atoms with Crippen LogP contribution >= 0.6 is 0 Å². The van der Waals surface area contributed by atoms with Gasteiger partial charge in [-0.1, -0.05) is 27.0 Å². The maximum absolute atomic E-state index is 5.32. The van der Waals surface area contributed by atoms with Crippen LogP contribution in [0.4, 0.5) is 0 Å². The second-order valence-electron chi connectivity index (χ2n) is 3.12. The second-order valence-corrected chi connectivity index (χ2v) is 3.12. The molecule has 0 aromatic carbocycles. The third-order valence-electron chi connectivity index (χ3n) is 1.66. The van der Waals surface area contributed by atoms with Crippen LogP contribution in [0.2, 0.25) is 0 Å². The van der Waals surface area contributed by atoms with Crippen molar-refractivity contribution in [3.63, 3.8) is 0 Å². The average Bonchev–Trinajstić information content (AvgIpc) is 2.11. The van der Waals surface area contributed by atoms with Gasteiger partial charge in [-0.3, -0.25) is 0 Å². The van der Waals surface area contributed by atoms with Crippen LogP contribution in [0.3, 0.4) is 0 Å². The molecule has 0 rings (SSSR count). The monoisotopic (exact) mass is 181 g/mol. The van der Waals surface area contributed by atoms with Gasteiger partial charge in [0.15, 0.2) is 0 Å². The summed E-state index contributed by atoms with van der Waals surface area (Å²) in [5.41, 5.74) is 6.35. The van der Waals surface area contributed by atoms with E-state index in [2.05, 4.69) is 27.0 Å². The van der Waals surface area contributed by atoms with Gasteiger partial charge in [0, 0.05) is 6.54 Å². The Balaban J connectivity index is 4.20. The summed E-state index contributed by atoms with van der Waals surface area (Å²) < 4.78 is 5.32. The average molecular weight is 181 g/mol. The lowest BCUT2D eigenvalue weighted by molar-refractivity contribution is 0.233. The van der Waals surface area contributed by atoms with E-state index < -0.39 is 0 Å². The Hall–Kier alpha value is -1.02. The Bertz CT molecular complexity index is 204. The largest absolute Gasteiger partial charge is 0.492 e. The summed E-state index contributed by atoms with van der Waals surface area (Å²) in [6, 6.07) is 0. The molecule has 0 saturated carbocycles. The minimum Gasteiger partial charge on any atom is -0.492 e. The fourth-order valence-corrected chi connectivity index (χ4v) is 0.686. The zero-order valence-corrected chi connectivity index (χ0v) is 8.55. The second kappa shape index (κ2) is 6.49. The summed E-state index contributed by atoms with van der Waals surface area (Å²) in [5, 5.41) is 0. The van der Waals surface area contributed by atoms with E-state index in [1.54, 1.807) is 6.08 Å². The zero-order valence-electron chi connectivity index (χ0n) is 8.55. The Morgan fingerprint density at radius 2 is 2.15 bits per heavy atom. The van der Waals surface area contributed by atoms with Gasteiger partial charge in [0.1, 0.15) is 12.4 Å². The van der Waals surface area contributed by atoms with E-state index in [0.717, 1.165) is 11.3 Å². The van der Waals surface area contributed by atoms with E-state index in [0.29, 0.717) is 19.1 Å². The van der Waals surface area contributed by atoms with Crippen molar-refractivity contribution in [1.29, 1.82) is 0 Å². The van der Waals surface area contributed by atoms with Crippen LogP contribution in [-0.2, 0) is 4.74 Å². The van der Waals surface area contributed by atoms with Gasteiger partial charge in [-0.2, -0.15) is 0 Å². The summed E-state index contributed by atoms with van der Waals surface area (Å²) in [6.45, 7) is 12.8. The molecule has 0 fully saturated rings. The smallest absolute Gasteiger partial charge is 0.119 e. The normalized spacial score (nSPS) is 11.5. The number of hydrogen-bond acceptors (Lipinski definition) is 2. The quantitative estimate of drug-likeness (QED) is 0.504. The molecule has 0 heterocycles. The van der Waals surface area contributed by atoms with Gasteiger partial charge in [-0.15, -0.1) is 0 Å². The highest BCUT2D eigenvalue weighted by Crippen LogP contribution is 2.11. The van der Waals surface area contributed by atoms with Crippen LogP contribution in [0, 0.1) is 5.92 Å². The third-order valence-corrected chi connectivity index (χ3v) is 1.66. The van der Waals surface area contributed by atoms with E-state index in [-0.39, 0.29) is 0 Å². The molecular weight excluding hydrogens is 162 g/mol. The molecule has 13 heavy (non-hydrogen) atoms. The predicted molar refractivity (Wildman–Crippen MR) is 57.3 cm³/mol. The molecule has 0 aromatic heterocycles. The lowest BCUT2D eigenvalue weighted by Crippen LogP contribution is -2.07. The molecule has 0 radical (unpaired) electrons. The first-order chi connectivity index (χ1) is 6.11. The molecule has 0 saturated heterocycles. The maximum Gasteiger partial charge on any atom is 0.119 e. The fourth-order valence-electron chi connectivity index (χ4n) is 0.686. The van der Waals surface area contributed by atoms with Crippen LogP contribution in [0.1, 0.15) is 13.8 Å². The standard InChI is InChI=1S/C11H19NO/c1-5-11(13-7-6-12)8-10(4)9(2)3/h5,8-9H,1,4,6-7,12H2,2-3H3/b11-8+. The number of ether oxygens (including phenoxy) is 1. The van der Waals surface area contributed by atoms with Crippen LogP contribution in [0.15, 0.2) is 36.6 Å². The maximum atomic E-state index is 5.32. The van der Waals surface area contributed by atoms with Gasteiger partial charge in [0.25, 0.3) is 0 Å². The predicted octanol–water partition coefficient (Wildman–Crippen LogP) is 2.24. The van der Waals surface area contributed by atoms with Gasteiger partial charge in [-0.05, 0) is 23.6 Å². The van der Waals surface area contributed by atoms with E-state index in [1.165, 1.54) is 0 Å². The van der Waals surface area contributed by atoms with E-state index in [9.17, 15) is 0 Å². The van der Waals surface area contributed by atoms with Gasteiger partial charge in [-0.25, -0.2) is 0 Å². The van der Waals surface area contributed by atoms with Crippen molar-refractivity contribution < 1.29 is 4.74 Å². The van der Waals surface area contributed by atoms with Crippen LogP contribution in [0.5, 0.6) is 0 Å². The zero-order chi connectivity index (χ0) is 10.3. The highest BCUT2D eigenvalue weighted by Gasteiger charge is 1.98. The van der Waals surface area contributed by atoms with Crippen molar-refractivity contribution in [2.24, 2.45) is 11.7 Å². The molecule has 0 aromatic rings.